The summed E-state index contributed by atoms with van der Waals surface area (Å²) in [5.41, 5.74) is 16.0. The van der Waals surface area contributed by atoms with Crippen LogP contribution < -0.4 is 22.2 Å². The van der Waals surface area contributed by atoms with E-state index in [4.69, 9.17) is 17.3 Å². The van der Waals surface area contributed by atoms with Crippen LogP contribution in [0.25, 0.3) is 5.70 Å². The predicted molar refractivity (Wildman–Crippen MR) is 140 cm³/mol. The Kier molecular flexibility index (Phi) is 11.0. The standard InChI is InChI=1S/C27H37N5O3/c1-3-12-20-19-31(25(35)16-6-5-11-18-33)23-14-8-7-13-22(23)27(26(29)21(20)4-2)32(30)17-10-9-15-24(28)34/h3-4,7-8,12-14,18H,2,5-6,9-11,15-17,19,29-30H2,1H3,(H2,28,34)/b12-3-,21-20-,27-26-. The van der Waals surface area contributed by atoms with E-state index < -0.39 is 0 Å². The molecule has 0 aromatic heterocycles. The lowest BCUT2D eigenvalue weighted by Gasteiger charge is -2.33. The van der Waals surface area contributed by atoms with Gasteiger partial charge in [0.1, 0.15) is 6.29 Å². The summed E-state index contributed by atoms with van der Waals surface area (Å²) in [6, 6.07) is 7.54. The van der Waals surface area contributed by atoms with Crippen molar-refractivity contribution in [3.05, 3.63) is 71.5 Å². The van der Waals surface area contributed by atoms with Crippen LogP contribution in [0.15, 0.2) is 65.9 Å². The summed E-state index contributed by atoms with van der Waals surface area (Å²) in [6.07, 6.45) is 9.98. The van der Waals surface area contributed by atoms with Gasteiger partial charge in [0.2, 0.25) is 11.8 Å². The summed E-state index contributed by atoms with van der Waals surface area (Å²) in [4.78, 5) is 36.9. The number of allylic oxidation sites excluding steroid dienone is 2. The molecule has 0 fully saturated rings. The van der Waals surface area contributed by atoms with Gasteiger partial charge >= 0.3 is 0 Å². The minimum Gasteiger partial charge on any atom is -0.396 e. The van der Waals surface area contributed by atoms with E-state index >= 15 is 0 Å². The maximum absolute atomic E-state index is 13.4. The molecule has 0 bridgehead atoms. The lowest BCUT2D eigenvalue weighted by Crippen LogP contribution is -2.38. The van der Waals surface area contributed by atoms with Crippen LogP contribution >= 0.6 is 0 Å². The first-order valence-corrected chi connectivity index (χ1v) is 12.0. The zero-order valence-corrected chi connectivity index (χ0v) is 20.5. The topological polar surface area (TPSA) is 136 Å². The van der Waals surface area contributed by atoms with Gasteiger partial charge in [-0.2, -0.15) is 0 Å². The molecule has 0 radical (unpaired) electrons. The molecule has 0 saturated heterocycles. The Balaban J connectivity index is 2.57. The summed E-state index contributed by atoms with van der Waals surface area (Å²) in [6.45, 7) is 6.65. The molecule has 1 heterocycles. The average molecular weight is 480 g/mol. The van der Waals surface area contributed by atoms with Crippen LogP contribution in [-0.4, -0.2) is 36.2 Å². The Labute approximate surface area is 207 Å². The highest BCUT2D eigenvalue weighted by Gasteiger charge is 2.27. The van der Waals surface area contributed by atoms with Crippen LogP contribution in [0.5, 0.6) is 0 Å². The van der Waals surface area contributed by atoms with Gasteiger partial charge in [0, 0.05) is 36.9 Å². The molecular formula is C27H37N5O3. The van der Waals surface area contributed by atoms with Crippen molar-refractivity contribution in [1.29, 1.82) is 0 Å². The quantitative estimate of drug-likeness (QED) is 0.172. The van der Waals surface area contributed by atoms with E-state index in [1.165, 1.54) is 0 Å². The fourth-order valence-electron chi connectivity index (χ4n) is 4.14. The third-order valence-electron chi connectivity index (χ3n) is 5.86. The number of para-hydroxylation sites is 1. The molecule has 8 nitrogen and oxygen atoms in total. The van der Waals surface area contributed by atoms with Crippen molar-refractivity contribution < 1.29 is 14.4 Å². The molecule has 1 aliphatic rings. The molecule has 1 aromatic carbocycles. The Morgan fingerprint density at radius 3 is 2.51 bits per heavy atom. The third-order valence-corrected chi connectivity index (χ3v) is 5.86. The molecule has 0 saturated carbocycles. The third kappa shape index (κ3) is 7.42. The maximum Gasteiger partial charge on any atom is 0.227 e. The molecule has 2 amide bonds. The number of carbonyl (C=O) groups excluding carboxylic acids is 3. The predicted octanol–water partition coefficient (Wildman–Crippen LogP) is 3.31. The zero-order valence-electron chi connectivity index (χ0n) is 20.5. The van der Waals surface area contributed by atoms with Crippen molar-refractivity contribution in [1.82, 2.24) is 5.01 Å². The summed E-state index contributed by atoms with van der Waals surface area (Å²) >= 11 is 0. The summed E-state index contributed by atoms with van der Waals surface area (Å²) in [5.74, 6) is 6.14. The SMILES string of the molecule is C=CC1=C(\C=C/C)CN(C(=O)CCCCC=O)c2ccccc2/C(N(N)CCCCC(N)=O)=C\1N. The molecule has 1 aliphatic heterocycles. The number of nitrogens with zero attached hydrogens (tertiary/aromatic N) is 2. The number of fused-ring (bicyclic) bond motifs is 1. The molecule has 0 atom stereocenters. The number of nitrogens with two attached hydrogens (primary N) is 3. The molecule has 6 N–H and O–H groups in total. The Morgan fingerprint density at radius 1 is 1.14 bits per heavy atom. The van der Waals surface area contributed by atoms with Gasteiger partial charge in [0.05, 0.1) is 23.6 Å². The molecule has 8 heteroatoms. The first-order valence-electron chi connectivity index (χ1n) is 12.0. The number of benzene rings is 1. The highest BCUT2D eigenvalue weighted by Crippen LogP contribution is 2.36. The highest BCUT2D eigenvalue weighted by molar-refractivity contribution is 5.98. The number of unbranched alkanes of at least 4 members (excludes halogenated alkanes) is 3. The van der Waals surface area contributed by atoms with Crippen LogP contribution in [0.3, 0.4) is 0 Å². The second-order valence-electron chi connectivity index (χ2n) is 8.43. The van der Waals surface area contributed by atoms with Crippen molar-refractivity contribution in [3.63, 3.8) is 0 Å². The minimum atomic E-state index is -0.348. The van der Waals surface area contributed by atoms with Crippen molar-refractivity contribution in [2.45, 2.75) is 51.9 Å². The second-order valence-corrected chi connectivity index (χ2v) is 8.43. The van der Waals surface area contributed by atoms with Crippen molar-refractivity contribution in [2.75, 3.05) is 18.0 Å². The van der Waals surface area contributed by atoms with E-state index in [1.807, 2.05) is 43.3 Å². The fraction of sp³-hybridized carbons (Fsp3) is 0.370. The molecule has 1 aromatic rings. The number of hydrogen-bond acceptors (Lipinski definition) is 6. The monoisotopic (exact) mass is 479 g/mol. The van der Waals surface area contributed by atoms with Gasteiger partial charge in [-0.25, -0.2) is 5.84 Å². The Bertz CT molecular complexity index is 1030. The van der Waals surface area contributed by atoms with Crippen LogP contribution in [0.4, 0.5) is 5.69 Å². The van der Waals surface area contributed by atoms with Crippen molar-refractivity contribution >= 4 is 29.5 Å². The first kappa shape index (κ1) is 27.6. The number of aldehydes is 1. The van der Waals surface area contributed by atoms with Crippen LogP contribution in [0.2, 0.25) is 0 Å². The normalized spacial score (nSPS) is 18.1. The molecule has 35 heavy (non-hydrogen) atoms. The number of hydrazine groups is 1. The number of hydrogen-bond donors (Lipinski definition) is 3. The largest absolute Gasteiger partial charge is 0.396 e. The molecule has 0 aliphatic carbocycles. The fourth-order valence-corrected chi connectivity index (χ4v) is 4.14. The Hall–Kier alpha value is -3.65. The maximum atomic E-state index is 13.4. The summed E-state index contributed by atoms with van der Waals surface area (Å²) < 4.78 is 0. The Morgan fingerprint density at radius 2 is 1.86 bits per heavy atom. The van der Waals surface area contributed by atoms with Crippen LogP contribution in [0.1, 0.15) is 57.4 Å². The van der Waals surface area contributed by atoms with Gasteiger partial charge in [0.15, 0.2) is 0 Å². The van der Waals surface area contributed by atoms with E-state index in [0.717, 1.165) is 17.4 Å². The van der Waals surface area contributed by atoms with E-state index in [0.29, 0.717) is 74.3 Å². The van der Waals surface area contributed by atoms with Crippen LogP contribution in [0, 0.1) is 0 Å². The van der Waals surface area contributed by atoms with Crippen LogP contribution in [-0.2, 0) is 14.4 Å². The lowest BCUT2D eigenvalue weighted by atomic mass is 9.95. The average Bonchev–Trinajstić information content (AvgIpc) is 2.83. The molecule has 0 spiro atoms. The van der Waals surface area contributed by atoms with Gasteiger partial charge in [-0.05, 0) is 44.2 Å². The lowest BCUT2D eigenvalue weighted by molar-refractivity contribution is -0.119. The first-order chi connectivity index (χ1) is 16.8. The van der Waals surface area contributed by atoms with Gasteiger partial charge in [-0.15, -0.1) is 0 Å². The number of carbonyl (C=O) groups is 3. The second kappa shape index (κ2) is 13.9. The smallest absolute Gasteiger partial charge is 0.227 e. The summed E-state index contributed by atoms with van der Waals surface area (Å²) in [5, 5.41) is 1.57. The molecule has 2 rings (SSSR count). The number of anilines is 1. The summed E-state index contributed by atoms with van der Waals surface area (Å²) in [7, 11) is 0. The van der Waals surface area contributed by atoms with E-state index in [2.05, 4.69) is 6.58 Å². The minimum absolute atomic E-state index is 0.0429. The van der Waals surface area contributed by atoms with Gasteiger partial charge in [0.25, 0.3) is 0 Å². The molecular weight excluding hydrogens is 442 g/mol. The van der Waals surface area contributed by atoms with Gasteiger partial charge < -0.3 is 26.2 Å². The van der Waals surface area contributed by atoms with E-state index in [1.54, 1.807) is 16.0 Å². The van der Waals surface area contributed by atoms with Gasteiger partial charge in [-0.3, -0.25) is 9.59 Å². The zero-order chi connectivity index (χ0) is 25.8. The van der Waals surface area contributed by atoms with Crippen molar-refractivity contribution in [2.24, 2.45) is 17.3 Å². The number of rotatable bonds is 13. The highest BCUT2D eigenvalue weighted by atomic mass is 16.2. The molecule has 0 unspecified atom stereocenters. The van der Waals surface area contributed by atoms with E-state index in [9.17, 15) is 14.4 Å². The molecule has 188 valence electrons. The number of amides is 2. The van der Waals surface area contributed by atoms with Crippen molar-refractivity contribution in [3.8, 4) is 0 Å². The number of primary amides is 1. The van der Waals surface area contributed by atoms with E-state index in [-0.39, 0.29) is 18.2 Å². The van der Waals surface area contributed by atoms with Gasteiger partial charge in [-0.1, -0.05) is 43.0 Å².